The monoisotopic (exact) mass is 314 g/mol. The second kappa shape index (κ2) is 4.30. The Labute approximate surface area is 112 Å². The van der Waals surface area contributed by atoms with Crippen molar-refractivity contribution in [1.82, 2.24) is 9.97 Å². The van der Waals surface area contributed by atoms with E-state index < -0.39 is 5.92 Å². The van der Waals surface area contributed by atoms with Crippen molar-refractivity contribution in [2.24, 2.45) is 0 Å². The highest BCUT2D eigenvalue weighted by Crippen LogP contribution is 2.41. The van der Waals surface area contributed by atoms with Crippen molar-refractivity contribution in [3.8, 4) is 0 Å². The lowest BCUT2D eigenvalue weighted by molar-refractivity contribution is -0.0416. The highest BCUT2D eigenvalue weighted by atomic mass is 79.9. The van der Waals surface area contributed by atoms with Crippen molar-refractivity contribution in [2.75, 3.05) is 0 Å². The van der Waals surface area contributed by atoms with Crippen LogP contribution in [0.5, 0.6) is 0 Å². The van der Waals surface area contributed by atoms with Gasteiger partial charge in [-0.1, -0.05) is 6.07 Å². The predicted octanol–water partition coefficient (Wildman–Crippen LogP) is 4.62. The minimum atomic E-state index is -2.54. The Morgan fingerprint density at radius 2 is 2.22 bits per heavy atom. The molecule has 0 spiro atoms. The van der Waals surface area contributed by atoms with E-state index in [0.29, 0.717) is 12.2 Å². The number of fused-ring (bicyclic) bond motifs is 1. The molecule has 1 fully saturated rings. The number of H-pyrrole nitrogens is 1. The summed E-state index contributed by atoms with van der Waals surface area (Å²) in [7, 11) is 0. The van der Waals surface area contributed by atoms with E-state index >= 15 is 0 Å². The number of imidazole rings is 1. The van der Waals surface area contributed by atoms with Gasteiger partial charge in [-0.2, -0.15) is 0 Å². The van der Waals surface area contributed by atoms with Crippen molar-refractivity contribution >= 4 is 27.0 Å². The number of para-hydroxylation sites is 1. The maximum atomic E-state index is 13.4. The smallest absolute Gasteiger partial charge is 0.248 e. The van der Waals surface area contributed by atoms with E-state index in [-0.39, 0.29) is 18.8 Å². The van der Waals surface area contributed by atoms with Crippen LogP contribution >= 0.6 is 15.9 Å². The molecule has 5 heteroatoms. The van der Waals surface area contributed by atoms with Gasteiger partial charge in [-0.15, -0.1) is 0 Å². The number of nitrogens with zero attached hydrogens (tertiary/aromatic N) is 1. The van der Waals surface area contributed by atoms with Crippen LogP contribution in [0.4, 0.5) is 8.78 Å². The molecule has 0 saturated heterocycles. The molecule has 1 atom stereocenters. The Kier molecular flexibility index (Phi) is 2.88. The Balaban J connectivity index is 1.97. The van der Waals surface area contributed by atoms with Gasteiger partial charge in [-0.3, -0.25) is 0 Å². The van der Waals surface area contributed by atoms with Crippen LogP contribution in [0.15, 0.2) is 22.7 Å². The summed E-state index contributed by atoms with van der Waals surface area (Å²) in [5.41, 5.74) is 1.72. The minimum absolute atomic E-state index is 0.00736. The van der Waals surface area contributed by atoms with Crippen molar-refractivity contribution in [3.05, 3.63) is 28.5 Å². The normalized spacial score (nSPS) is 23.4. The van der Waals surface area contributed by atoms with Gasteiger partial charge in [0.2, 0.25) is 5.92 Å². The quantitative estimate of drug-likeness (QED) is 0.817. The van der Waals surface area contributed by atoms with Gasteiger partial charge in [0.1, 0.15) is 11.3 Å². The van der Waals surface area contributed by atoms with Gasteiger partial charge in [0.25, 0.3) is 0 Å². The highest BCUT2D eigenvalue weighted by Gasteiger charge is 2.37. The van der Waals surface area contributed by atoms with Gasteiger partial charge >= 0.3 is 0 Å². The average Bonchev–Trinajstić information content (AvgIpc) is 2.73. The SMILES string of the molecule is FC1(F)CCCC(c2nc3c(Br)cccc3[nH]2)C1. The highest BCUT2D eigenvalue weighted by molar-refractivity contribution is 9.10. The first-order valence-electron chi connectivity index (χ1n) is 6.07. The lowest BCUT2D eigenvalue weighted by atomic mass is 9.86. The van der Waals surface area contributed by atoms with Crippen LogP contribution in [0.1, 0.15) is 37.4 Å². The third-order valence-electron chi connectivity index (χ3n) is 3.51. The molecule has 1 unspecified atom stereocenters. The van der Waals surface area contributed by atoms with Crippen molar-refractivity contribution in [3.63, 3.8) is 0 Å². The summed E-state index contributed by atoms with van der Waals surface area (Å²) in [6.07, 6.45) is 1.26. The first-order chi connectivity index (χ1) is 8.55. The van der Waals surface area contributed by atoms with E-state index in [1.54, 1.807) is 0 Å². The maximum absolute atomic E-state index is 13.4. The van der Waals surface area contributed by atoms with Crippen LogP contribution in [-0.4, -0.2) is 15.9 Å². The van der Waals surface area contributed by atoms with Crippen LogP contribution < -0.4 is 0 Å². The van der Waals surface area contributed by atoms with Crippen molar-refractivity contribution in [2.45, 2.75) is 37.5 Å². The second-order valence-corrected chi connectivity index (χ2v) is 5.76. The third kappa shape index (κ3) is 2.16. The first-order valence-corrected chi connectivity index (χ1v) is 6.86. The summed E-state index contributed by atoms with van der Waals surface area (Å²) in [5, 5.41) is 0. The molecule has 1 N–H and O–H groups in total. The Bertz CT molecular complexity index is 579. The number of rotatable bonds is 1. The van der Waals surface area contributed by atoms with Crippen LogP contribution in [0.3, 0.4) is 0 Å². The summed E-state index contributed by atoms with van der Waals surface area (Å²) in [4.78, 5) is 7.64. The lowest BCUT2D eigenvalue weighted by Crippen LogP contribution is -2.25. The molecule has 0 bridgehead atoms. The summed E-state index contributed by atoms with van der Waals surface area (Å²) < 4.78 is 27.7. The topological polar surface area (TPSA) is 28.7 Å². The molecule has 1 aliphatic carbocycles. The van der Waals surface area contributed by atoms with Crippen LogP contribution in [0.25, 0.3) is 11.0 Å². The summed E-state index contributed by atoms with van der Waals surface area (Å²) in [6, 6.07) is 5.73. The number of alkyl halides is 2. The molecular formula is C13H13BrF2N2. The maximum Gasteiger partial charge on any atom is 0.248 e. The van der Waals surface area contributed by atoms with Gasteiger partial charge in [0.15, 0.2) is 0 Å². The number of halogens is 3. The van der Waals surface area contributed by atoms with E-state index in [1.807, 2.05) is 18.2 Å². The number of aromatic nitrogens is 2. The van der Waals surface area contributed by atoms with E-state index in [9.17, 15) is 8.78 Å². The standard InChI is InChI=1S/C13H13BrF2N2/c14-9-4-1-5-10-11(9)18-12(17-10)8-3-2-6-13(15,16)7-8/h1,4-5,8H,2-3,6-7H2,(H,17,18). The zero-order valence-electron chi connectivity index (χ0n) is 9.72. The van der Waals surface area contributed by atoms with E-state index in [0.717, 1.165) is 21.9 Å². The molecule has 1 aliphatic rings. The lowest BCUT2D eigenvalue weighted by Gasteiger charge is -2.27. The van der Waals surface area contributed by atoms with Crippen LogP contribution in [-0.2, 0) is 0 Å². The Morgan fingerprint density at radius 1 is 1.39 bits per heavy atom. The molecule has 1 aromatic heterocycles. The Hall–Kier alpha value is -0.970. The van der Waals surface area contributed by atoms with Gasteiger partial charge in [0, 0.05) is 23.2 Å². The molecule has 1 saturated carbocycles. The number of benzene rings is 1. The predicted molar refractivity (Wildman–Crippen MR) is 69.9 cm³/mol. The fourth-order valence-corrected chi connectivity index (χ4v) is 3.07. The largest absolute Gasteiger partial charge is 0.342 e. The number of aromatic amines is 1. The molecular weight excluding hydrogens is 302 g/mol. The van der Waals surface area contributed by atoms with Gasteiger partial charge in [0.05, 0.1) is 5.52 Å². The molecule has 2 aromatic rings. The van der Waals surface area contributed by atoms with Gasteiger partial charge in [-0.25, -0.2) is 13.8 Å². The molecule has 2 nitrogen and oxygen atoms in total. The third-order valence-corrected chi connectivity index (χ3v) is 4.15. The molecule has 0 aliphatic heterocycles. The average molecular weight is 315 g/mol. The zero-order chi connectivity index (χ0) is 12.8. The van der Waals surface area contributed by atoms with Crippen LogP contribution in [0, 0.1) is 0 Å². The molecule has 0 amide bonds. The van der Waals surface area contributed by atoms with Crippen LogP contribution in [0.2, 0.25) is 0 Å². The molecule has 1 aromatic carbocycles. The molecule has 18 heavy (non-hydrogen) atoms. The van der Waals surface area contributed by atoms with Gasteiger partial charge in [-0.05, 0) is 40.9 Å². The summed E-state index contributed by atoms with van der Waals surface area (Å²) in [5.74, 6) is -2.01. The van der Waals surface area contributed by atoms with E-state index in [2.05, 4.69) is 25.9 Å². The zero-order valence-corrected chi connectivity index (χ0v) is 11.3. The summed E-state index contributed by atoms with van der Waals surface area (Å²) >= 11 is 3.43. The number of hydrogen-bond donors (Lipinski definition) is 1. The number of hydrogen-bond acceptors (Lipinski definition) is 1. The van der Waals surface area contributed by atoms with E-state index in [1.165, 1.54) is 0 Å². The van der Waals surface area contributed by atoms with Crippen molar-refractivity contribution in [1.29, 1.82) is 0 Å². The summed E-state index contributed by atoms with van der Waals surface area (Å²) in [6.45, 7) is 0. The first kappa shape index (κ1) is 12.1. The minimum Gasteiger partial charge on any atom is -0.342 e. The fourth-order valence-electron chi connectivity index (χ4n) is 2.61. The fraction of sp³-hybridized carbons (Fsp3) is 0.462. The molecule has 1 heterocycles. The molecule has 3 rings (SSSR count). The molecule has 0 radical (unpaired) electrons. The van der Waals surface area contributed by atoms with Crippen molar-refractivity contribution < 1.29 is 8.78 Å². The second-order valence-electron chi connectivity index (χ2n) is 4.91. The van der Waals surface area contributed by atoms with Gasteiger partial charge < -0.3 is 4.98 Å². The number of nitrogens with one attached hydrogen (secondary N) is 1. The van der Waals surface area contributed by atoms with E-state index in [4.69, 9.17) is 0 Å². The Morgan fingerprint density at radius 3 is 2.94 bits per heavy atom. The molecule has 96 valence electrons.